The zero-order valence-corrected chi connectivity index (χ0v) is 11.4. The molecular formula is C14H14N4S. The highest BCUT2D eigenvalue weighted by atomic mass is 32.1. The van der Waals surface area contributed by atoms with Gasteiger partial charge in [-0.15, -0.1) is 10.2 Å². The van der Waals surface area contributed by atoms with Crippen LogP contribution in [-0.2, 0) is 6.42 Å². The van der Waals surface area contributed by atoms with E-state index in [9.17, 15) is 0 Å². The standard InChI is InChI=1S/C14H14N4S/c1-9-8-11(10-4-2-3-5-12(10)16-9)14-18-17-13(19-14)6-7-15/h2-5,8H,6-7,15H2,1H3. The number of pyridine rings is 1. The number of nitrogens with two attached hydrogens (primary N) is 1. The summed E-state index contributed by atoms with van der Waals surface area (Å²) in [5.74, 6) is 0. The van der Waals surface area contributed by atoms with E-state index in [-0.39, 0.29) is 0 Å². The van der Waals surface area contributed by atoms with Crippen LogP contribution in [-0.4, -0.2) is 21.7 Å². The second-order valence-electron chi connectivity index (χ2n) is 4.37. The van der Waals surface area contributed by atoms with Crippen LogP contribution in [0, 0.1) is 6.92 Å². The van der Waals surface area contributed by atoms with Gasteiger partial charge < -0.3 is 5.73 Å². The number of para-hydroxylation sites is 1. The molecule has 3 aromatic rings. The molecule has 2 heterocycles. The van der Waals surface area contributed by atoms with Gasteiger partial charge in [-0.05, 0) is 25.6 Å². The first kappa shape index (κ1) is 12.2. The molecule has 2 N–H and O–H groups in total. The molecule has 0 aliphatic carbocycles. The van der Waals surface area contributed by atoms with Crippen LogP contribution in [0.5, 0.6) is 0 Å². The van der Waals surface area contributed by atoms with E-state index in [1.165, 1.54) is 0 Å². The molecule has 0 aliphatic heterocycles. The molecule has 2 aromatic heterocycles. The summed E-state index contributed by atoms with van der Waals surface area (Å²) in [4.78, 5) is 4.54. The van der Waals surface area contributed by atoms with Gasteiger partial charge in [0.05, 0.1) is 5.52 Å². The normalized spacial score (nSPS) is 11.1. The number of hydrogen-bond acceptors (Lipinski definition) is 5. The van der Waals surface area contributed by atoms with Gasteiger partial charge in [0.25, 0.3) is 0 Å². The van der Waals surface area contributed by atoms with E-state index in [2.05, 4.69) is 27.3 Å². The molecule has 0 spiro atoms. The zero-order valence-electron chi connectivity index (χ0n) is 10.6. The van der Waals surface area contributed by atoms with Crippen molar-refractivity contribution in [2.45, 2.75) is 13.3 Å². The maximum absolute atomic E-state index is 5.55. The van der Waals surface area contributed by atoms with Crippen molar-refractivity contribution in [3.8, 4) is 10.6 Å². The fraction of sp³-hybridized carbons (Fsp3) is 0.214. The molecule has 3 rings (SSSR count). The van der Waals surface area contributed by atoms with E-state index in [0.717, 1.165) is 38.6 Å². The van der Waals surface area contributed by atoms with Gasteiger partial charge in [0, 0.05) is 23.1 Å². The lowest BCUT2D eigenvalue weighted by atomic mass is 10.1. The number of hydrogen-bond donors (Lipinski definition) is 1. The van der Waals surface area contributed by atoms with Crippen LogP contribution in [0.25, 0.3) is 21.5 Å². The predicted octanol–water partition coefficient (Wildman–Crippen LogP) is 2.56. The van der Waals surface area contributed by atoms with Gasteiger partial charge in [-0.25, -0.2) is 0 Å². The lowest BCUT2D eigenvalue weighted by Gasteiger charge is -2.04. The smallest absolute Gasteiger partial charge is 0.148 e. The Balaban J connectivity index is 2.17. The van der Waals surface area contributed by atoms with Gasteiger partial charge in [0.2, 0.25) is 0 Å². The monoisotopic (exact) mass is 270 g/mol. The summed E-state index contributed by atoms with van der Waals surface area (Å²) in [7, 11) is 0. The molecule has 0 radical (unpaired) electrons. The fourth-order valence-corrected chi connectivity index (χ4v) is 2.96. The third-order valence-corrected chi connectivity index (χ3v) is 3.92. The summed E-state index contributed by atoms with van der Waals surface area (Å²) in [5, 5.41) is 11.5. The van der Waals surface area contributed by atoms with E-state index in [0.29, 0.717) is 6.54 Å². The quantitative estimate of drug-likeness (QED) is 0.794. The lowest BCUT2D eigenvalue weighted by molar-refractivity contribution is 0.913. The van der Waals surface area contributed by atoms with Crippen molar-refractivity contribution in [3.63, 3.8) is 0 Å². The van der Waals surface area contributed by atoms with Crippen molar-refractivity contribution in [1.29, 1.82) is 0 Å². The average Bonchev–Trinajstić information content (AvgIpc) is 2.86. The first-order valence-electron chi connectivity index (χ1n) is 6.17. The van der Waals surface area contributed by atoms with Gasteiger partial charge in [-0.1, -0.05) is 29.5 Å². The molecular weight excluding hydrogens is 256 g/mol. The largest absolute Gasteiger partial charge is 0.330 e. The van der Waals surface area contributed by atoms with Gasteiger partial charge in [-0.3, -0.25) is 4.98 Å². The van der Waals surface area contributed by atoms with Crippen molar-refractivity contribution in [2.75, 3.05) is 6.54 Å². The molecule has 0 unspecified atom stereocenters. The molecule has 0 saturated carbocycles. The third-order valence-electron chi connectivity index (χ3n) is 2.90. The van der Waals surface area contributed by atoms with Crippen LogP contribution in [0.1, 0.15) is 10.7 Å². The molecule has 1 aromatic carbocycles. The Labute approximate surface area is 115 Å². The summed E-state index contributed by atoms with van der Waals surface area (Å²) >= 11 is 1.60. The van der Waals surface area contributed by atoms with E-state index in [1.54, 1.807) is 11.3 Å². The molecule has 0 bridgehead atoms. The van der Waals surface area contributed by atoms with E-state index >= 15 is 0 Å². The molecule has 19 heavy (non-hydrogen) atoms. The topological polar surface area (TPSA) is 64.7 Å². The Hall–Kier alpha value is -1.85. The molecule has 0 aliphatic rings. The Kier molecular flexibility index (Phi) is 3.23. The van der Waals surface area contributed by atoms with E-state index in [4.69, 9.17) is 5.73 Å². The van der Waals surface area contributed by atoms with Crippen molar-refractivity contribution < 1.29 is 0 Å². The summed E-state index contributed by atoms with van der Waals surface area (Å²) in [5.41, 5.74) is 8.64. The van der Waals surface area contributed by atoms with Gasteiger partial charge in [0.1, 0.15) is 10.0 Å². The molecule has 0 atom stereocenters. The fourth-order valence-electron chi connectivity index (χ4n) is 2.07. The van der Waals surface area contributed by atoms with Crippen molar-refractivity contribution >= 4 is 22.2 Å². The minimum Gasteiger partial charge on any atom is -0.330 e. The maximum Gasteiger partial charge on any atom is 0.148 e. The lowest BCUT2D eigenvalue weighted by Crippen LogP contribution is -2.01. The Morgan fingerprint density at radius 2 is 2.05 bits per heavy atom. The van der Waals surface area contributed by atoms with Crippen molar-refractivity contribution in [3.05, 3.63) is 41.0 Å². The summed E-state index contributed by atoms with van der Waals surface area (Å²) in [6.07, 6.45) is 0.777. The Morgan fingerprint density at radius 1 is 1.21 bits per heavy atom. The molecule has 5 heteroatoms. The number of benzene rings is 1. The zero-order chi connectivity index (χ0) is 13.2. The highest BCUT2D eigenvalue weighted by Crippen LogP contribution is 2.30. The first-order chi connectivity index (χ1) is 9.28. The third kappa shape index (κ3) is 2.34. The molecule has 96 valence electrons. The highest BCUT2D eigenvalue weighted by Gasteiger charge is 2.11. The van der Waals surface area contributed by atoms with Crippen molar-refractivity contribution in [1.82, 2.24) is 15.2 Å². The van der Waals surface area contributed by atoms with Crippen molar-refractivity contribution in [2.24, 2.45) is 5.73 Å². The molecule has 4 nitrogen and oxygen atoms in total. The van der Waals surface area contributed by atoms with Crippen LogP contribution < -0.4 is 5.73 Å². The van der Waals surface area contributed by atoms with E-state index in [1.807, 2.05) is 25.1 Å². The summed E-state index contributed by atoms with van der Waals surface area (Å²) in [6.45, 7) is 2.60. The number of aryl methyl sites for hydroxylation is 1. The predicted molar refractivity (Wildman–Crippen MR) is 78.1 cm³/mol. The molecule has 0 amide bonds. The van der Waals surface area contributed by atoms with Crippen LogP contribution in [0.3, 0.4) is 0 Å². The number of fused-ring (bicyclic) bond motifs is 1. The van der Waals surface area contributed by atoms with Crippen LogP contribution >= 0.6 is 11.3 Å². The van der Waals surface area contributed by atoms with Crippen LogP contribution in [0.2, 0.25) is 0 Å². The summed E-state index contributed by atoms with van der Waals surface area (Å²) < 4.78 is 0. The van der Waals surface area contributed by atoms with Gasteiger partial charge >= 0.3 is 0 Å². The minimum absolute atomic E-state index is 0.602. The second-order valence-corrected chi connectivity index (χ2v) is 5.43. The Morgan fingerprint density at radius 3 is 2.89 bits per heavy atom. The summed E-state index contributed by atoms with van der Waals surface area (Å²) in [6, 6.07) is 10.2. The van der Waals surface area contributed by atoms with Gasteiger partial charge in [0.15, 0.2) is 0 Å². The van der Waals surface area contributed by atoms with Crippen LogP contribution in [0.15, 0.2) is 30.3 Å². The average molecular weight is 270 g/mol. The number of nitrogens with zero attached hydrogens (tertiary/aromatic N) is 3. The molecule has 0 fully saturated rings. The second kappa shape index (κ2) is 5.03. The molecule has 0 saturated heterocycles. The van der Waals surface area contributed by atoms with Crippen LogP contribution in [0.4, 0.5) is 0 Å². The maximum atomic E-state index is 5.55. The first-order valence-corrected chi connectivity index (χ1v) is 6.99. The SMILES string of the molecule is Cc1cc(-c2nnc(CCN)s2)c2ccccc2n1. The Bertz CT molecular complexity index is 720. The van der Waals surface area contributed by atoms with E-state index < -0.39 is 0 Å². The minimum atomic E-state index is 0.602. The van der Waals surface area contributed by atoms with Gasteiger partial charge in [-0.2, -0.15) is 0 Å². The number of rotatable bonds is 3. The number of aromatic nitrogens is 3. The highest BCUT2D eigenvalue weighted by molar-refractivity contribution is 7.14.